The highest BCUT2D eigenvalue weighted by molar-refractivity contribution is 6.61. The maximum absolute atomic E-state index is 2.45. The van der Waals surface area contributed by atoms with Gasteiger partial charge in [0.15, 0.2) is 0 Å². The van der Waals surface area contributed by atoms with Crippen molar-refractivity contribution >= 4 is 20.3 Å². The van der Waals surface area contributed by atoms with Gasteiger partial charge in [-0.05, 0) is 93.9 Å². The maximum atomic E-state index is 2.45. The van der Waals surface area contributed by atoms with Crippen molar-refractivity contribution in [1.82, 2.24) is 0 Å². The van der Waals surface area contributed by atoms with Crippen LogP contribution in [0.2, 0.25) is 5.04 Å². The van der Waals surface area contributed by atoms with Crippen LogP contribution in [0, 0.1) is 27.7 Å². The summed E-state index contributed by atoms with van der Waals surface area (Å²) in [6.07, 6.45) is 1.09. The zero-order valence-corrected chi connectivity index (χ0v) is 22.2. The summed E-state index contributed by atoms with van der Waals surface area (Å²) < 4.78 is 0. The molecule has 3 aromatic carbocycles. The molecule has 0 aliphatic heterocycles. The average molecular weight is 437 g/mol. The fourth-order valence-electron chi connectivity index (χ4n) is 5.82. The lowest BCUT2D eigenvalue weighted by Gasteiger charge is -2.37. The molecule has 0 nitrogen and oxygen atoms in total. The van der Waals surface area contributed by atoms with Crippen molar-refractivity contribution in [3.8, 4) is 0 Å². The smallest absolute Gasteiger partial charge is 0.0650 e. The highest BCUT2D eigenvalue weighted by Gasteiger charge is 2.43. The molecule has 4 rings (SSSR count). The van der Waals surface area contributed by atoms with Gasteiger partial charge in [-0.2, -0.15) is 0 Å². The van der Waals surface area contributed by atoms with E-state index in [1.54, 1.807) is 16.3 Å². The minimum absolute atomic E-state index is 0.0916. The van der Waals surface area contributed by atoms with E-state index in [0.29, 0.717) is 0 Å². The van der Waals surface area contributed by atoms with Gasteiger partial charge in [-0.25, -0.2) is 0 Å². The van der Waals surface area contributed by atoms with E-state index in [2.05, 4.69) is 115 Å². The molecule has 0 aromatic heterocycles. The van der Waals surface area contributed by atoms with E-state index in [1.165, 1.54) is 44.5 Å². The number of hydrogen-bond donors (Lipinski definition) is 0. The Kier molecular flexibility index (Phi) is 6.14. The van der Waals surface area contributed by atoms with Crippen molar-refractivity contribution in [3.63, 3.8) is 0 Å². The van der Waals surface area contributed by atoms with Crippen molar-refractivity contribution < 1.29 is 0 Å². The first-order chi connectivity index (χ1) is 15.2. The first kappa shape index (κ1) is 22.5. The van der Waals surface area contributed by atoms with Crippen LogP contribution < -0.4 is 5.19 Å². The van der Waals surface area contributed by atoms with Gasteiger partial charge in [-0.3, -0.25) is 0 Å². The van der Waals surface area contributed by atoms with Gasteiger partial charge in [0.25, 0.3) is 0 Å². The van der Waals surface area contributed by atoms with E-state index in [0.717, 1.165) is 6.42 Å². The van der Waals surface area contributed by atoms with Crippen LogP contribution >= 0.6 is 0 Å². The minimum atomic E-state index is -0.675. The summed E-state index contributed by atoms with van der Waals surface area (Å²) in [7, 11) is -0.675. The third-order valence-electron chi connectivity index (χ3n) is 7.76. The summed E-state index contributed by atoms with van der Waals surface area (Å²) in [5.41, 5.74) is 14.6. The first-order valence-electron chi connectivity index (χ1n) is 11.8. The van der Waals surface area contributed by atoms with Crippen LogP contribution in [0.4, 0.5) is 0 Å². The predicted octanol–water partition coefficient (Wildman–Crippen LogP) is 6.94. The molecule has 0 radical (unpaired) electrons. The largest absolute Gasteiger partial charge is 0.0718 e. The Hall–Kier alpha value is -2.64. The molecule has 1 atom stereocenters. The van der Waals surface area contributed by atoms with Crippen molar-refractivity contribution in [2.45, 2.75) is 59.9 Å². The van der Waals surface area contributed by atoms with E-state index in [-0.39, 0.29) is 5.04 Å². The SMILES string of the molecule is CC1=C(C)C(Cc2cccc(C)c2C)([SiH2]c2cc(C)cc(C)c2)C(c2ccccc2)=C1C. The summed E-state index contributed by atoms with van der Waals surface area (Å²) in [4.78, 5) is 0. The average Bonchev–Trinajstić information content (AvgIpc) is 2.92. The van der Waals surface area contributed by atoms with Gasteiger partial charge in [-0.1, -0.05) is 88.6 Å². The lowest BCUT2D eigenvalue weighted by atomic mass is 9.82. The summed E-state index contributed by atoms with van der Waals surface area (Å²) in [6.45, 7) is 16.1. The molecule has 0 N–H and O–H groups in total. The maximum Gasteiger partial charge on any atom is 0.0718 e. The normalized spacial score (nSPS) is 19.0. The minimum Gasteiger partial charge on any atom is -0.0650 e. The topological polar surface area (TPSA) is 0 Å². The van der Waals surface area contributed by atoms with E-state index < -0.39 is 9.52 Å². The number of allylic oxidation sites excluding steroid dienone is 4. The zero-order valence-electron chi connectivity index (χ0n) is 20.8. The molecule has 3 aromatic rings. The zero-order chi connectivity index (χ0) is 23.0. The van der Waals surface area contributed by atoms with Crippen molar-refractivity contribution in [3.05, 3.63) is 117 Å². The molecular formula is C31H36Si. The molecule has 1 aliphatic rings. The molecule has 0 spiro atoms. The molecule has 0 heterocycles. The lowest BCUT2D eigenvalue weighted by molar-refractivity contribution is 0.791. The number of benzene rings is 3. The molecule has 1 aliphatic carbocycles. The van der Waals surface area contributed by atoms with E-state index in [1.807, 2.05) is 0 Å². The Morgan fingerprint density at radius 1 is 0.688 bits per heavy atom. The Labute approximate surface area is 196 Å². The highest BCUT2D eigenvalue weighted by Crippen LogP contribution is 2.58. The summed E-state index contributed by atoms with van der Waals surface area (Å²) >= 11 is 0. The molecule has 0 fully saturated rings. The van der Waals surface area contributed by atoms with Crippen LogP contribution in [-0.4, -0.2) is 9.52 Å². The Morgan fingerprint density at radius 2 is 1.34 bits per heavy atom. The fourth-order valence-corrected chi connectivity index (χ4v) is 8.94. The molecule has 0 saturated carbocycles. The van der Waals surface area contributed by atoms with Gasteiger partial charge in [0.05, 0.1) is 9.52 Å². The molecule has 0 saturated heterocycles. The fraction of sp³-hybridized carbons (Fsp3) is 0.290. The number of aryl methyl sites for hydroxylation is 3. The monoisotopic (exact) mass is 436 g/mol. The number of hydrogen-bond acceptors (Lipinski definition) is 0. The molecular weight excluding hydrogens is 400 g/mol. The van der Waals surface area contributed by atoms with Crippen LogP contribution in [0.1, 0.15) is 54.2 Å². The van der Waals surface area contributed by atoms with E-state index in [9.17, 15) is 0 Å². The quantitative estimate of drug-likeness (QED) is 0.380. The molecule has 0 amide bonds. The van der Waals surface area contributed by atoms with Crippen LogP contribution in [0.3, 0.4) is 0 Å². The summed E-state index contributed by atoms with van der Waals surface area (Å²) in [6, 6.07) is 25.2. The second-order valence-electron chi connectivity index (χ2n) is 9.91. The van der Waals surface area contributed by atoms with E-state index >= 15 is 0 Å². The second kappa shape index (κ2) is 8.71. The van der Waals surface area contributed by atoms with E-state index in [4.69, 9.17) is 0 Å². The third kappa shape index (κ3) is 3.95. The predicted molar refractivity (Wildman–Crippen MR) is 144 cm³/mol. The molecule has 164 valence electrons. The van der Waals surface area contributed by atoms with Gasteiger partial charge >= 0.3 is 0 Å². The summed E-state index contributed by atoms with van der Waals surface area (Å²) in [5.74, 6) is 0. The molecule has 32 heavy (non-hydrogen) atoms. The number of rotatable bonds is 5. The molecule has 1 heteroatoms. The van der Waals surface area contributed by atoms with Crippen molar-refractivity contribution in [2.75, 3.05) is 0 Å². The Balaban J connectivity index is 1.96. The van der Waals surface area contributed by atoms with Gasteiger partial charge in [0, 0.05) is 5.04 Å². The van der Waals surface area contributed by atoms with Gasteiger partial charge in [0.2, 0.25) is 0 Å². The first-order valence-corrected chi connectivity index (χ1v) is 13.2. The van der Waals surface area contributed by atoms with Crippen LogP contribution in [0.5, 0.6) is 0 Å². The highest BCUT2D eigenvalue weighted by atomic mass is 28.2. The standard InChI is InChI=1S/C31H36Si/c1-20-16-21(2)18-29(17-20)32-31(19-28-15-11-12-22(3)23(28)4)26(7)24(5)25(6)30(31)27-13-9-8-10-14-27/h8-18H,19,32H2,1-7H3. The third-order valence-corrected chi connectivity index (χ3v) is 10.3. The van der Waals surface area contributed by atoms with Crippen LogP contribution in [-0.2, 0) is 6.42 Å². The van der Waals surface area contributed by atoms with Crippen molar-refractivity contribution in [2.24, 2.45) is 0 Å². The van der Waals surface area contributed by atoms with Gasteiger partial charge < -0.3 is 0 Å². The second-order valence-corrected chi connectivity index (χ2v) is 12.3. The van der Waals surface area contributed by atoms with Crippen LogP contribution in [0.15, 0.2) is 83.4 Å². The molecule has 1 unspecified atom stereocenters. The van der Waals surface area contributed by atoms with Gasteiger partial charge in [-0.15, -0.1) is 0 Å². The Morgan fingerprint density at radius 3 is 2.00 bits per heavy atom. The summed E-state index contributed by atoms with van der Waals surface area (Å²) in [5, 5.41) is 1.66. The molecule has 0 bridgehead atoms. The Bertz CT molecular complexity index is 1210. The van der Waals surface area contributed by atoms with Crippen molar-refractivity contribution in [1.29, 1.82) is 0 Å². The van der Waals surface area contributed by atoms with Crippen LogP contribution in [0.25, 0.3) is 5.57 Å². The van der Waals surface area contributed by atoms with Gasteiger partial charge in [0.1, 0.15) is 0 Å². The lowest BCUT2D eigenvalue weighted by Crippen LogP contribution is -2.34.